The zero-order valence-electron chi connectivity index (χ0n) is 17.5. The monoisotopic (exact) mass is 585 g/mol. The molecule has 35 heavy (non-hydrogen) atoms. The van der Waals surface area contributed by atoms with Crippen LogP contribution in [0.25, 0.3) is 5.57 Å². The first-order valence-corrected chi connectivity index (χ1v) is 12.0. The summed E-state index contributed by atoms with van der Waals surface area (Å²) in [5.41, 5.74) is -1.97. The van der Waals surface area contributed by atoms with Gasteiger partial charge in [0.05, 0.1) is 20.5 Å². The molecule has 1 aromatic heterocycles. The molecule has 0 saturated carbocycles. The predicted octanol–water partition coefficient (Wildman–Crippen LogP) is -3.95. The average Bonchev–Trinajstić information content (AvgIpc) is 3.21. The number of hydrogen-bond donors (Lipinski definition) is 0. The predicted molar refractivity (Wildman–Crippen MR) is 109 cm³/mol. The number of allylic oxidation sites excluding steroid dienone is 2. The van der Waals surface area contributed by atoms with Crippen molar-refractivity contribution >= 4 is 66.8 Å². The second-order valence-electron chi connectivity index (χ2n) is 6.78. The molecule has 2 aliphatic heterocycles. The number of hydrogen-bond acceptors (Lipinski definition) is 8. The molecule has 0 aliphatic carbocycles. The molecule has 0 radical (unpaired) electrons. The summed E-state index contributed by atoms with van der Waals surface area (Å²) in [6.45, 7) is -5.19. The Labute approximate surface area is 250 Å². The molecule has 11 nitrogen and oxygen atoms in total. The van der Waals surface area contributed by atoms with Crippen LogP contribution in [0.2, 0.25) is 5.15 Å². The van der Waals surface area contributed by atoms with E-state index in [1.807, 2.05) is 0 Å². The van der Waals surface area contributed by atoms with E-state index >= 15 is 8.63 Å². The van der Waals surface area contributed by atoms with Crippen molar-refractivity contribution in [2.45, 2.75) is 4.90 Å². The number of non-ortho nitro benzene ring substituents is 1. The van der Waals surface area contributed by atoms with Crippen molar-refractivity contribution in [2.24, 2.45) is 0 Å². The summed E-state index contributed by atoms with van der Waals surface area (Å²) in [5, 5.41) is 8.59. The van der Waals surface area contributed by atoms with Crippen LogP contribution in [0.15, 0.2) is 51.9 Å². The van der Waals surface area contributed by atoms with Gasteiger partial charge >= 0.3 is 66.1 Å². The van der Waals surface area contributed by atoms with Crippen LogP contribution in [0.5, 0.6) is 0 Å². The van der Waals surface area contributed by atoms with E-state index in [1.54, 1.807) is 0 Å². The maximum atomic E-state index is 15.5. The second-order valence-corrected chi connectivity index (χ2v) is 10.2. The third kappa shape index (κ3) is 4.96. The molecule has 3 heterocycles. The minimum Gasteiger partial charge on any atom is -0.744 e. The van der Waals surface area contributed by atoms with Gasteiger partial charge in [0.2, 0.25) is 5.17 Å². The van der Waals surface area contributed by atoms with Crippen molar-refractivity contribution < 1.29 is 103 Å². The van der Waals surface area contributed by atoms with Crippen molar-refractivity contribution in [1.82, 2.24) is 4.48 Å². The number of benzene rings is 1. The van der Waals surface area contributed by atoms with Crippen LogP contribution in [0.4, 0.5) is 14.3 Å². The fourth-order valence-corrected chi connectivity index (χ4v) is 5.81. The maximum Gasteiger partial charge on any atom is 1.00 e. The van der Waals surface area contributed by atoms with E-state index in [0.717, 1.165) is 24.3 Å². The molecule has 2 aromatic rings. The Morgan fingerprint density at radius 2 is 1.54 bits per heavy atom. The quantitative estimate of drug-likeness (QED) is 0.152. The molecule has 0 unspecified atom stereocenters. The number of aromatic nitrogens is 1. The normalized spacial score (nSPS) is 16.7. The molecule has 2 aliphatic rings. The molecule has 0 amide bonds. The van der Waals surface area contributed by atoms with E-state index in [9.17, 15) is 36.1 Å². The SMILES string of the molecule is O=[N+]([O-])c1ccc(C2=C3C=C(S(=O)(=O)[O-])C(Cl)=[N+]3[B-](F)(F)n3c2cc(S(=O)(=O)[O-])c3Cl)cc1.[Na+].[Na+]. The fourth-order valence-electron chi connectivity index (χ4n) is 3.59. The van der Waals surface area contributed by atoms with E-state index in [-0.39, 0.29) is 84.9 Å². The average molecular weight is 586 g/mol. The Balaban J connectivity index is 0.00000216. The van der Waals surface area contributed by atoms with E-state index in [4.69, 9.17) is 23.2 Å². The first-order valence-electron chi connectivity index (χ1n) is 8.45. The molecule has 0 N–H and O–H groups in total. The molecule has 1 aromatic carbocycles. The van der Waals surface area contributed by atoms with Crippen LogP contribution in [-0.4, -0.2) is 52.0 Å². The summed E-state index contributed by atoms with van der Waals surface area (Å²) < 4.78 is 100. The molecular weight excluding hydrogens is 580 g/mol. The third-order valence-electron chi connectivity index (χ3n) is 4.92. The maximum absolute atomic E-state index is 15.5. The van der Waals surface area contributed by atoms with Crippen LogP contribution in [0.3, 0.4) is 0 Å². The third-order valence-corrected chi connectivity index (χ3v) is 7.62. The van der Waals surface area contributed by atoms with Crippen LogP contribution in [0.1, 0.15) is 11.3 Å². The molecular formula is C15H6BCl2F2N3Na2O8S2. The van der Waals surface area contributed by atoms with E-state index < -0.39 is 63.6 Å². The van der Waals surface area contributed by atoms with Gasteiger partial charge in [0, 0.05) is 23.9 Å². The van der Waals surface area contributed by atoms with Crippen molar-refractivity contribution in [3.8, 4) is 0 Å². The fraction of sp³-hybridized carbons (Fsp3) is 0. The second kappa shape index (κ2) is 9.92. The van der Waals surface area contributed by atoms with Gasteiger partial charge in [-0.3, -0.25) is 10.1 Å². The van der Waals surface area contributed by atoms with Crippen LogP contribution < -0.4 is 59.1 Å². The van der Waals surface area contributed by atoms with Gasteiger partial charge in [-0.2, -0.15) is 0 Å². The largest absolute Gasteiger partial charge is 1.00 e. The van der Waals surface area contributed by atoms with Gasteiger partial charge in [-0.1, -0.05) is 11.6 Å². The summed E-state index contributed by atoms with van der Waals surface area (Å²) in [7, 11) is -10.7. The Hall–Kier alpha value is -0.625. The van der Waals surface area contributed by atoms with Gasteiger partial charge in [-0.15, -0.1) is 0 Å². The van der Waals surface area contributed by atoms with Crippen LogP contribution >= 0.6 is 23.2 Å². The summed E-state index contributed by atoms with van der Waals surface area (Å²) in [5.74, 6) is 0. The smallest absolute Gasteiger partial charge is 0.744 e. The molecule has 0 spiro atoms. The topological polar surface area (TPSA) is 165 Å². The van der Waals surface area contributed by atoms with E-state index in [0.29, 0.717) is 12.1 Å². The molecule has 20 heteroatoms. The van der Waals surface area contributed by atoms with E-state index in [2.05, 4.69) is 0 Å². The van der Waals surface area contributed by atoms with Gasteiger partial charge in [0.25, 0.3) is 5.69 Å². The van der Waals surface area contributed by atoms with Gasteiger partial charge in [0.1, 0.15) is 25.1 Å². The van der Waals surface area contributed by atoms with Crippen LogP contribution in [-0.2, 0) is 20.2 Å². The molecule has 4 rings (SSSR count). The number of nitro benzene ring substituents is 1. The zero-order valence-corrected chi connectivity index (χ0v) is 24.6. The molecule has 0 saturated heterocycles. The molecule has 174 valence electrons. The Kier molecular flexibility index (Phi) is 8.67. The Morgan fingerprint density at radius 1 is 1.00 bits per heavy atom. The Bertz CT molecular complexity index is 1590. The van der Waals surface area contributed by atoms with Gasteiger partial charge in [0.15, 0.2) is 5.70 Å². The van der Waals surface area contributed by atoms with Crippen molar-refractivity contribution in [3.63, 3.8) is 0 Å². The zero-order chi connectivity index (χ0) is 24.7. The summed E-state index contributed by atoms with van der Waals surface area (Å²) >= 11 is 11.7. The van der Waals surface area contributed by atoms with Gasteiger partial charge in [-0.05, 0) is 35.4 Å². The number of fused-ring (bicyclic) bond motifs is 2. The molecule has 0 atom stereocenters. The standard InChI is InChI=1S/C15H8BCl2F2N3O8S2.2Na/c17-14-11(32(26,27)28)5-9-13(7-1-3-8(4-2-7)23(24)25)10-6-12(33(29,30)31)15(18)22(10)16(19,20)21(9)14;;/h1-6H,(H,26,27,28)(H,29,30,31);;/q;2*+1/p-2. The molecule has 0 fully saturated rings. The minimum absolute atomic E-state index is 0. The first kappa shape index (κ1) is 30.6. The first-order chi connectivity index (χ1) is 15.1. The minimum atomic E-state index is -5.33. The van der Waals surface area contributed by atoms with Crippen LogP contribution in [0, 0.1) is 10.1 Å². The van der Waals surface area contributed by atoms with Gasteiger partial charge < -0.3 is 26.7 Å². The van der Waals surface area contributed by atoms with Crippen molar-refractivity contribution in [2.75, 3.05) is 0 Å². The summed E-state index contributed by atoms with van der Waals surface area (Å²) in [6, 6.07) is 4.78. The summed E-state index contributed by atoms with van der Waals surface area (Å²) in [4.78, 5) is 7.84. The number of rotatable bonds is 4. The van der Waals surface area contributed by atoms with Crippen molar-refractivity contribution in [1.29, 1.82) is 0 Å². The Morgan fingerprint density at radius 3 is 2.00 bits per heavy atom. The van der Waals surface area contributed by atoms with E-state index in [1.165, 1.54) is 0 Å². The number of nitrogens with zero attached hydrogens (tertiary/aromatic N) is 3. The van der Waals surface area contributed by atoms with Gasteiger partial charge in [-0.25, -0.2) is 16.8 Å². The number of halogens is 4. The van der Waals surface area contributed by atoms with Crippen molar-refractivity contribution in [3.05, 3.63) is 73.5 Å². The summed E-state index contributed by atoms with van der Waals surface area (Å²) in [6.07, 6.45) is 0.562. The number of nitro groups is 1. The molecule has 0 bridgehead atoms.